The summed E-state index contributed by atoms with van der Waals surface area (Å²) in [5.74, 6) is -0.130. The van der Waals surface area contributed by atoms with Crippen molar-refractivity contribution in [3.05, 3.63) is 64.8 Å². The van der Waals surface area contributed by atoms with Crippen LogP contribution < -0.4 is 4.72 Å². The van der Waals surface area contributed by atoms with Crippen LogP contribution in [-0.4, -0.2) is 18.6 Å². The highest BCUT2D eigenvalue weighted by Crippen LogP contribution is 2.24. The number of nitrogens with zero attached hydrogens (tertiary/aromatic N) is 2. The molecule has 3 rings (SSSR count). The van der Waals surface area contributed by atoms with E-state index in [1.165, 1.54) is 19.1 Å². The molecule has 1 N–H and O–H groups in total. The van der Waals surface area contributed by atoms with E-state index < -0.39 is 15.8 Å². The lowest BCUT2D eigenvalue weighted by Gasteiger charge is -2.06. The number of benzene rings is 2. The van der Waals surface area contributed by atoms with Crippen LogP contribution in [0.15, 0.2) is 51.9 Å². The first-order valence-electron chi connectivity index (χ1n) is 7.20. The van der Waals surface area contributed by atoms with Gasteiger partial charge in [-0.2, -0.15) is 4.98 Å². The van der Waals surface area contributed by atoms with Gasteiger partial charge in [0.15, 0.2) is 0 Å². The van der Waals surface area contributed by atoms with Crippen LogP contribution in [0.5, 0.6) is 0 Å². The molecule has 3 aromatic rings. The first-order valence-corrected chi connectivity index (χ1v) is 9.06. The summed E-state index contributed by atoms with van der Waals surface area (Å²) >= 11 is 6.06. The first kappa shape index (κ1) is 17.5. The average molecular weight is 382 g/mol. The number of aromatic nitrogens is 2. The summed E-state index contributed by atoms with van der Waals surface area (Å²) < 4.78 is 45.2. The van der Waals surface area contributed by atoms with Crippen molar-refractivity contribution in [3.63, 3.8) is 0 Å². The van der Waals surface area contributed by atoms with Gasteiger partial charge < -0.3 is 4.52 Å². The summed E-state index contributed by atoms with van der Waals surface area (Å²) in [5.41, 5.74) is 0.817. The maximum atomic E-state index is 13.3. The molecule has 0 bridgehead atoms. The Hall–Kier alpha value is -2.29. The Bertz CT molecular complexity index is 1020. The molecule has 2 aromatic carbocycles. The molecule has 0 saturated heterocycles. The van der Waals surface area contributed by atoms with Gasteiger partial charge in [0.1, 0.15) is 5.82 Å². The minimum atomic E-state index is -3.83. The van der Waals surface area contributed by atoms with Crippen molar-refractivity contribution in [1.29, 1.82) is 0 Å². The van der Waals surface area contributed by atoms with Gasteiger partial charge in [-0.05, 0) is 42.8 Å². The van der Waals surface area contributed by atoms with Crippen LogP contribution >= 0.6 is 11.6 Å². The Kier molecular flexibility index (Phi) is 4.85. The van der Waals surface area contributed by atoms with E-state index in [-0.39, 0.29) is 28.7 Å². The standard InChI is InChI=1S/C16H13ClFN3O3S/c1-10-8-11(6-7-14(10)18)25(22,23)19-9-15-20-16(21-24-15)12-4-2-3-5-13(12)17/h2-8,19H,9H2,1H3. The van der Waals surface area contributed by atoms with Crippen LogP contribution in [0.3, 0.4) is 0 Å². The number of sulfonamides is 1. The van der Waals surface area contributed by atoms with Gasteiger partial charge in [-0.3, -0.25) is 0 Å². The van der Waals surface area contributed by atoms with Crippen molar-refractivity contribution in [2.75, 3.05) is 0 Å². The number of halogens is 2. The fourth-order valence-electron chi connectivity index (χ4n) is 2.10. The van der Waals surface area contributed by atoms with Crippen LogP contribution in [0.4, 0.5) is 4.39 Å². The van der Waals surface area contributed by atoms with Gasteiger partial charge >= 0.3 is 0 Å². The number of rotatable bonds is 5. The second-order valence-corrected chi connectivity index (χ2v) is 7.40. The highest BCUT2D eigenvalue weighted by atomic mass is 35.5. The normalized spacial score (nSPS) is 11.6. The summed E-state index contributed by atoms with van der Waals surface area (Å²) in [6.07, 6.45) is 0. The fraction of sp³-hybridized carbons (Fsp3) is 0.125. The molecular weight excluding hydrogens is 369 g/mol. The Morgan fingerprint density at radius 2 is 2.00 bits per heavy atom. The number of hydrogen-bond acceptors (Lipinski definition) is 5. The molecule has 25 heavy (non-hydrogen) atoms. The van der Waals surface area contributed by atoms with E-state index >= 15 is 0 Å². The highest BCUT2D eigenvalue weighted by molar-refractivity contribution is 7.89. The number of aryl methyl sites for hydroxylation is 1. The molecule has 0 radical (unpaired) electrons. The zero-order valence-corrected chi connectivity index (χ0v) is 14.6. The summed E-state index contributed by atoms with van der Waals surface area (Å²) in [5, 5.41) is 4.25. The van der Waals surface area contributed by atoms with Gasteiger partial charge in [0.05, 0.1) is 16.5 Å². The van der Waals surface area contributed by atoms with Gasteiger partial charge in [0.2, 0.25) is 21.7 Å². The summed E-state index contributed by atoms with van der Waals surface area (Å²) in [6.45, 7) is 1.29. The second kappa shape index (κ2) is 6.91. The molecule has 6 nitrogen and oxygen atoms in total. The third-order valence-corrected chi connectivity index (χ3v) is 5.16. The average Bonchev–Trinajstić information content (AvgIpc) is 3.05. The molecule has 0 saturated carbocycles. The summed E-state index contributed by atoms with van der Waals surface area (Å²) in [4.78, 5) is 4.08. The molecule has 0 spiro atoms. The monoisotopic (exact) mass is 381 g/mol. The lowest BCUT2D eigenvalue weighted by atomic mass is 10.2. The van der Waals surface area contributed by atoms with Crippen LogP contribution in [0.2, 0.25) is 5.02 Å². The third-order valence-electron chi connectivity index (χ3n) is 3.44. The molecule has 0 fully saturated rings. The lowest BCUT2D eigenvalue weighted by Crippen LogP contribution is -2.23. The van der Waals surface area contributed by atoms with Crippen molar-refractivity contribution in [1.82, 2.24) is 14.9 Å². The molecule has 0 aliphatic rings. The first-order chi connectivity index (χ1) is 11.9. The zero-order chi connectivity index (χ0) is 18.0. The predicted octanol–water partition coefficient (Wildman–Crippen LogP) is 3.32. The van der Waals surface area contributed by atoms with Gasteiger partial charge in [-0.15, -0.1) is 0 Å². The van der Waals surface area contributed by atoms with Crippen molar-refractivity contribution in [3.8, 4) is 11.4 Å². The van der Waals surface area contributed by atoms with E-state index in [0.717, 1.165) is 6.07 Å². The maximum absolute atomic E-state index is 13.3. The molecule has 0 atom stereocenters. The second-order valence-electron chi connectivity index (χ2n) is 5.23. The molecule has 0 unspecified atom stereocenters. The summed E-state index contributed by atoms with van der Waals surface area (Å²) in [6, 6.07) is 10.5. The van der Waals surface area contributed by atoms with E-state index in [0.29, 0.717) is 10.6 Å². The number of nitrogens with one attached hydrogen (secondary N) is 1. The Morgan fingerprint density at radius 1 is 1.24 bits per heavy atom. The molecular formula is C16H13ClFN3O3S. The number of hydrogen-bond donors (Lipinski definition) is 1. The molecule has 1 aromatic heterocycles. The Morgan fingerprint density at radius 3 is 2.72 bits per heavy atom. The fourth-order valence-corrected chi connectivity index (χ4v) is 3.38. The molecule has 0 amide bonds. The topological polar surface area (TPSA) is 85.1 Å². The van der Waals surface area contributed by atoms with Crippen LogP contribution in [0.25, 0.3) is 11.4 Å². The van der Waals surface area contributed by atoms with Gasteiger partial charge in [-0.25, -0.2) is 17.5 Å². The Balaban J connectivity index is 1.75. The smallest absolute Gasteiger partial charge is 0.242 e. The van der Waals surface area contributed by atoms with E-state index in [2.05, 4.69) is 14.9 Å². The van der Waals surface area contributed by atoms with Crippen LogP contribution in [0, 0.1) is 12.7 Å². The predicted molar refractivity (Wildman–Crippen MR) is 89.9 cm³/mol. The minimum absolute atomic E-state index is 0.0442. The van der Waals surface area contributed by atoms with Crippen molar-refractivity contribution < 1.29 is 17.3 Å². The lowest BCUT2D eigenvalue weighted by molar-refractivity contribution is 0.376. The largest absolute Gasteiger partial charge is 0.338 e. The van der Waals surface area contributed by atoms with Gasteiger partial charge in [-0.1, -0.05) is 28.9 Å². The SMILES string of the molecule is Cc1cc(S(=O)(=O)NCc2nc(-c3ccccc3Cl)no2)ccc1F. The minimum Gasteiger partial charge on any atom is -0.338 e. The van der Waals surface area contributed by atoms with Crippen LogP contribution in [0.1, 0.15) is 11.5 Å². The third kappa shape index (κ3) is 3.87. The molecule has 130 valence electrons. The van der Waals surface area contributed by atoms with E-state index in [9.17, 15) is 12.8 Å². The van der Waals surface area contributed by atoms with Crippen LogP contribution in [-0.2, 0) is 16.6 Å². The van der Waals surface area contributed by atoms with Crippen molar-refractivity contribution >= 4 is 21.6 Å². The highest BCUT2D eigenvalue weighted by Gasteiger charge is 2.18. The molecule has 0 aliphatic carbocycles. The van der Waals surface area contributed by atoms with E-state index in [4.69, 9.17) is 16.1 Å². The van der Waals surface area contributed by atoms with E-state index in [1.807, 2.05) is 0 Å². The van der Waals surface area contributed by atoms with Gasteiger partial charge in [0.25, 0.3) is 0 Å². The molecule has 0 aliphatic heterocycles. The van der Waals surface area contributed by atoms with Crippen molar-refractivity contribution in [2.45, 2.75) is 18.4 Å². The molecule has 1 heterocycles. The Labute approximate surface area is 148 Å². The summed E-state index contributed by atoms with van der Waals surface area (Å²) in [7, 11) is -3.83. The van der Waals surface area contributed by atoms with E-state index in [1.54, 1.807) is 24.3 Å². The van der Waals surface area contributed by atoms with Gasteiger partial charge in [0, 0.05) is 5.56 Å². The maximum Gasteiger partial charge on any atom is 0.242 e. The quantitative estimate of drug-likeness (QED) is 0.732. The zero-order valence-electron chi connectivity index (χ0n) is 13.0. The molecule has 9 heteroatoms. The van der Waals surface area contributed by atoms with Crippen molar-refractivity contribution in [2.24, 2.45) is 0 Å².